The third-order valence-corrected chi connectivity index (χ3v) is 3.76. The van der Waals surface area contributed by atoms with E-state index in [0.717, 1.165) is 6.07 Å². The molecule has 4 atom stereocenters. The molecule has 0 saturated carbocycles. The lowest BCUT2D eigenvalue weighted by Gasteiger charge is -2.17. The van der Waals surface area contributed by atoms with Crippen molar-refractivity contribution in [2.75, 3.05) is 13.2 Å². The Kier molecular flexibility index (Phi) is 3.88. The number of nitrogens with one attached hydrogen (secondary N) is 1. The maximum Gasteiger partial charge on any atom is 0.224 e. The molecule has 0 aliphatic carbocycles. The molecular formula is C14H15F2NO4. The normalized spacial score (nSPS) is 31.2. The molecule has 2 fully saturated rings. The Morgan fingerprint density at radius 1 is 1.29 bits per heavy atom. The van der Waals surface area contributed by atoms with E-state index in [4.69, 9.17) is 9.47 Å². The summed E-state index contributed by atoms with van der Waals surface area (Å²) in [4.78, 5) is 11.9. The van der Waals surface area contributed by atoms with Crippen molar-refractivity contribution in [3.8, 4) is 0 Å². The van der Waals surface area contributed by atoms with Gasteiger partial charge in [-0.2, -0.15) is 0 Å². The molecule has 2 heterocycles. The van der Waals surface area contributed by atoms with Gasteiger partial charge in [0.1, 0.15) is 18.3 Å². The SMILES string of the molecule is O=C(Cc1cccc(F)c1F)N[C@@H]1CO[C@H]2[C@@H]1OC[C@H]2O. The highest BCUT2D eigenvalue weighted by Gasteiger charge is 2.47. The van der Waals surface area contributed by atoms with Crippen LogP contribution in [-0.2, 0) is 20.7 Å². The molecule has 1 aromatic carbocycles. The number of carbonyl (C=O) groups is 1. The number of aliphatic hydroxyl groups excluding tert-OH is 1. The van der Waals surface area contributed by atoms with Crippen molar-refractivity contribution in [3.05, 3.63) is 35.4 Å². The number of fused-ring (bicyclic) bond motifs is 1. The molecule has 0 aromatic heterocycles. The second kappa shape index (κ2) is 5.67. The minimum absolute atomic E-state index is 0.00431. The lowest BCUT2D eigenvalue weighted by Crippen LogP contribution is -2.44. The molecule has 2 aliphatic heterocycles. The van der Waals surface area contributed by atoms with Gasteiger partial charge >= 0.3 is 0 Å². The average Bonchev–Trinajstić information content (AvgIpc) is 3.00. The summed E-state index contributed by atoms with van der Waals surface area (Å²) in [6.07, 6.45) is -1.81. The van der Waals surface area contributed by atoms with E-state index >= 15 is 0 Å². The van der Waals surface area contributed by atoms with Crippen molar-refractivity contribution in [2.24, 2.45) is 0 Å². The highest BCUT2D eigenvalue weighted by molar-refractivity contribution is 5.79. The molecule has 2 saturated heterocycles. The van der Waals surface area contributed by atoms with Gasteiger partial charge in [0.05, 0.1) is 25.7 Å². The minimum atomic E-state index is -1.01. The van der Waals surface area contributed by atoms with E-state index in [1.165, 1.54) is 12.1 Å². The van der Waals surface area contributed by atoms with Gasteiger partial charge in [0.25, 0.3) is 0 Å². The van der Waals surface area contributed by atoms with Crippen LogP contribution in [0.4, 0.5) is 8.78 Å². The van der Waals surface area contributed by atoms with Crippen LogP contribution in [0.3, 0.4) is 0 Å². The molecule has 2 aliphatic rings. The summed E-state index contributed by atoms with van der Waals surface area (Å²) in [5.41, 5.74) is -0.00431. The smallest absolute Gasteiger partial charge is 0.224 e. The third-order valence-electron chi connectivity index (χ3n) is 3.76. The van der Waals surface area contributed by atoms with Gasteiger partial charge < -0.3 is 19.9 Å². The predicted molar refractivity (Wildman–Crippen MR) is 67.5 cm³/mol. The Balaban J connectivity index is 1.61. The fourth-order valence-electron chi connectivity index (χ4n) is 2.72. The van der Waals surface area contributed by atoms with Gasteiger partial charge in [-0.15, -0.1) is 0 Å². The zero-order chi connectivity index (χ0) is 15.0. The summed E-state index contributed by atoms with van der Waals surface area (Å²) in [6.45, 7) is 0.393. The van der Waals surface area contributed by atoms with Crippen LogP contribution >= 0.6 is 0 Å². The van der Waals surface area contributed by atoms with E-state index < -0.39 is 41.9 Å². The Labute approximate surface area is 119 Å². The molecule has 1 amide bonds. The molecule has 3 rings (SSSR count). The van der Waals surface area contributed by atoms with E-state index in [-0.39, 0.29) is 25.2 Å². The number of hydrogen-bond donors (Lipinski definition) is 2. The summed E-state index contributed by atoms with van der Waals surface area (Å²) < 4.78 is 37.3. The second-order valence-corrected chi connectivity index (χ2v) is 5.23. The monoisotopic (exact) mass is 299 g/mol. The number of ether oxygens (including phenoxy) is 2. The van der Waals surface area contributed by atoms with Crippen LogP contribution in [0.15, 0.2) is 18.2 Å². The molecule has 0 unspecified atom stereocenters. The first-order valence-electron chi connectivity index (χ1n) is 6.70. The van der Waals surface area contributed by atoms with Crippen LogP contribution in [0.1, 0.15) is 5.56 Å². The summed E-state index contributed by atoms with van der Waals surface area (Å²) in [7, 11) is 0. The summed E-state index contributed by atoms with van der Waals surface area (Å²) in [5.74, 6) is -2.44. The van der Waals surface area contributed by atoms with E-state index in [1.807, 2.05) is 0 Å². The van der Waals surface area contributed by atoms with E-state index in [2.05, 4.69) is 5.32 Å². The third kappa shape index (κ3) is 2.76. The van der Waals surface area contributed by atoms with Crippen LogP contribution in [0.2, 0.25) is 0 Å². The molecule has 0 bridgehead atoms. The van der Waals surface area contributed by atoms with Gasteiger partial charge in [0.15, 0.2) is 11.6 Å². The van der Waals surface area contributed by atoms with Gasteiger partial charge in [0, 0.05) is 5.56 Å². The van der Waals surface area contributed by atoms with Crippen molar-refractivity contribution >= 4 is 5.91 Å². The fraction of sp³-hybridized carbons (Fsp3) is 0.500. The quantitative estimate of drug-likeness (QED) is 0.834. The Hall–Kier alpha value is -1.57. The summed E-state index contributed by atoms with van der Waals surface area (Å²) >= 11 is 0. The van der Waals surface area contributed by atoms with E-state index in [0.29, 0.717) is 0 Å². The van der Waals surface area contributed by atoms with Gasteiger partial charge in [-0.05, 0) is 6.07 Å². The number of benzene rings is 1. The largest absolute Gasteiger partial charge is 0.388 e. The second-order valence-electron chi connectivity index (χ2n) is 5.23. The molecule has 0 radical (unpaired) electrons. The zero-order valence-electron chi connectivity index (χ0n) is 11.1. The first-order chi connectivity index (χ1) is 10.1. The zero-order valence-corrected chi connectivity index (χ0v) is 11.1. The van der Waals surface area contributed by atoms with Crippen LogP contribution < -0.4 is 5.32 Å². The highest BCUT2D eigenvalue weighted by Crippen LogP contribution is 2.27. The number of aliphatic hydroxyl groups is 1. The summed E-state index contributed by atoms with van der Waals surface area (Å²) in [5, 5.41) is 12.3. The van der Waals surface area contributed by atoms with Crippen molar-refractivity contribution in [2.45, 2.75) is 30.8 Å². The number of halogens is 2. The molecule has 1 aromatic rings. The van der Waals surface area contributed by atoms with Crippen molar-refractivity contribution < 1.29 is 28.2 Å². The average molecular weight is 299 g/mol. The molecule has 114 valence electrons. The standard InChI is InChI=1S/C14H15F2NO4/c15-8-3-1-2-7(12(8)16)4-11(19)17-9-5-20-14-10(18)6-21-13(9)14/h1-3,9-10,13-14,18H,4-6H2,(H,17,19)/t9-,10-,13-,14-/m1/s1. The van der Waals surface area contributed by atoms with E-state index in [1.54, 1.807) is 0 Å². The first-order valence-corrected chi connectivity index (χ1v) is 6.70. The first kappa shape index (κ1) is 14.4. The number of rotatable bonds is 3. The highest BCUT2D eigenvalue weighted by atomic mass is 19.2. The maximum absolute atomic E-state index is 13.5. The topological polar surface area (TPSA) is 67.8 Å². The van der Waals surface area contributed by atoms with Crippen LogP contribution in [-0.4, -0.2) is 48.6 Å². The van der Waals surface area contributed by atoms with E-state index in [9.17, 15) is 18.7 Å². The van der Waals surface area contributed by atoms with Gasteiger partial charge in [-0.1, -0.05) is 12.1 Å². The number of hydrogen-bond acceptors (Lipinski definition) is 4. The van der Waals surface area contributed by atoms with Gasteiger partial charge in [-0.25, -0.2) is 8.78 Å². The van der Waals surface area contributed by atoms with Crippen molar-refractivity contribution in [1.82, 2.24) is 5.32 Å². The van der Waals surface area contributed by atoms with Gasteiger partial charge in [-0.3, -0.25) is 4.79 Å². The Morgan fingerprint density at radius 3 is 2.86 bits per heavy atom. The fourth-order valence-corrected chi connectivity index (χ4v) is 2.72. The molecule has 21 heavy (non-hydrogen) atoms. The Bertz CT molecular complexity index is 554. The molecule has 5 nitrogen and oxygen atoms in total. The minimum Gasteiger partial charge on any atom is -0.388 e. The maximum atomic E-state index is 13.5. The lowest BCUT2D eigenvalue weighted by atomic mass is 10.1. The summed E-state index contributed by atoms with van der Waals surface area (Å²) in [6, 6.07) is 3.32. The van der Waals surface area contributed by atoms with Gasteiger partial charge in [0.2, 0.25) is 5.91 Å². The number of amides is 1. The van der Waals surface area contributed by atoms with Crippen molar-refractivity contribution in [3.63, 3.8) is 0 Å². The molecule has 0 spiro atoms. The Morgan fingerprint density at radius 2 is 2.05 bits per heavy atom. The van der Waals surface area contributed by atoms with Crippen molar-refractivity contribution in [1.29, 1.82) is 0 Å². The van der Waals surface area contributed by atoms with Crippen LogP contribution in [0.25, 0.3) is 0 Å². The molecular weight excluding hydrogens is 284 g/mol. The number of carbonyl (C=O) groups excluding carboxylic acids is 1. The molecule has 2 N–H and O–H groups in total. The van der Waals surface area contributed by atoms with Crippen LogP contribution in [0.5, 0.6) is 0 Å². The molecule has 7 heteroatoms. The lowest BCUT2D eigenvalue weighted by molar-refractivity contribution is -0.121. The van der Waals surface area contributed by atoms with Crippen LogP contribution in [0, 0.1) is 11.6 Å². The predicted octanol–water partition coefficient (Wildman–Crippen LogP) is 0.151.